The van der Waals surface area contributed by atoms with Gasteiger partial charge in [-0.05, 0) is 48.4 Å². The van der Waals surface area contributed by atoms with Crippen molar-refractivity contribution in [1.82, 2.24) is 5.48 Å². The lowest BCUT2D eigenvalue weighted by Crippen LogP contribution is -2.18. The molecule has 0 atom stereocenters. The molecule has 0 spiro atoms. The van der Waals surface area contributed by atoms with E-state index in [0.717, 1.165) is 24.3 Å². The van der Waals surface area contributed by atoms with Gasteiger partial charge >= 0.3 is 0 Å². The number of nitrogens with two attached hydrogens (primary N) is 1. The maximum atomic E-state index is 6.06. The predicted molar refractivity (Wildman–Crippen MR) is 107 cm³/mol. The topological polar surface area (TPSA) is 65.7 Å². The van der Waals surface area contributed by atoms with Gasteiger partial charge < -0.3 is 20.0 Å². The lowest BCUT2D eigenvalue weighted by atomic mass is 10.2. The maximum Gasteiger partial charge on any atom is 0.150 e. The van der Waals surface area contributed by atoms with Gasteiger partial charge in [-0.3, -0.25) is 0 Å². The monoisotopic (exact) mass is 364 g/mol. The van der Waals surface area contributed by atoms with Gasteiger partial charge in [0.2, 0.25) is 0 Å². The molecule has 0 saturated heterocycles. The second-order valence-corrected chi connectivity index (χ2v) is 6.04. The molecule has 3 rings (SSSR count). The zero-order valence-electron chi connectivity index (χ0n) is 15.4. The minimum atomic E-state index is 0.509. The van der Waals surface area contributed by atoms with Gasteiger partial charge in [-0.2, -0.15) is 5.48 Å². The summed E-state index contributed by atoms with van der Waals surface area (Å²) in [5, 5.41) is 0. The van der Waals surface area contributed by atoms with E-state index >= 15 is 0 Å². The van der Waals surface area contributed by atoms with Crippen molar-refractivity contribution in [1.29, 1.82) is 0 Å². The van der Waals surface area contributed by atoms with E-state index < -0.39 is 0 Å². The van der Waals surface area contributed by atoms with Crippen molar-refractivity contribution < 1.29 is 14.3 Å². The molecule has 0 bridgehead atoms. The Balaban J connectivity index is 1.56. The van der Waals surface area contributed by atoms with Crippen LogP contribution in [0.5, 0.6) is 23.0 Å². The molecular formula is C22H24N2O3. The molecular weight excluding hydrogens is 340 g/mol. The Hall–Kier alpha value is -3.18. The summed E-state index contributed by atoms with van der Waals surface area (Å²) < 4.78 is 11.6. The lowest BCUT2D eigenvalue weighted by molar-refractivity contribution is 0.196. The van der Waals surface area contributed by atoms with E-state index in [-0.39, 0.29) is 0 Å². The molecule has 0 aliphatic heterocycles. The van der Waals surface area contributed by atoms with E-state index in [1.807, 2.05) is 60.7 Å². The van der Waals surface area contributed by atoms with Crippen LogP contribution in [0.1, 0.15) is 18.9 Å². The van der Waals surface area contributed by atoms with E-state index in [1.54, 1.807) is 12.1 Å². The average Bonchev–Trinajstić information content (AvgIpc) is 2.70. The molecule has 0 aromatic heterocycles. The number of anilines is 1. The molecule has 0 aliphatic carbocycles. The van der Waals surface area contributed by atoms with Crippen LogP contribution in [-0.4, -0.2) is 6.54 Å². The number of hydrogen-bond donors (Lipinski definition) is 2. The molecule has 140 valence electrons. The number of ether oxygens (including phenoxy) is 2. The molecule has 0 fully saturated rings. The van der Waals surface area contributed by atoms with Crippen LogP contribution in [0, 0.1) is 0 Å². The van der Waals surface area contributed by atoms with Crippen LogP contribution in [0.4, 0.5) is 5.69 Å². The van der Waals surface area contributed by atoms with Gasteiger partial charge in [0, 0.05) is 12.6 Å². The Kier molecular flexibility index (Phi) is 6.55. The number of benzene rings is 3. The van der Waals surface area contributed by atoms with Crippen LogP contribution in [0.15, 0.2) is 72.8 Å². The minimum absolute atomic E-state index is 0.509. The summed E-state index contributed by atoms with van der Waals surface area (Å²) in [7, 11) is 0. The number of hydrogen-bond acceptors (Lipinski definition) is 5. The van der Waals surface area contributed by atoms with Crippen molar-refractivity contribution in [2.24, 2.45) is 0 Å². The van der Waals surface area contributed by atoms with Crippen molar-refractivity contribution >= 4 is 5.69 Å². The van der Waals surface area contributed by atoms with E-state index in [1.165, 1.54) is 0 Å². The van der Waals surface area contributed by atoms with Crippen molar-refractivity contribution in [2.75, 3.05) is 12.3 Å². The molecule has 27 heavy (non-hydrogen) atoms. The first-order chi connectivity index (χ1) is 13.2. The van der Waals surface area contributed by atoms with E-state index in [0.29, 0.717) is 29.5 Å². The summed E-state index contributed by atoms with van der Waals surface area (Å²) in [6, 6.07) is 22.8. The fourth-order valence-corrected chi connectivity index (χ4v) is 2.39. The summed E-state index contributed by atoms with van der Waals surface area (Å²) in [6.07, 6.45) is 0.988. The Labute approximate surface area is 159 Å². The van der Waals surface area contributed by atoms with Gasteiger partial charge in [-0.15, -0.1) is 0 Å². The molecule has 5 nitrogen and oxygen atoms in total. The lowest BCUT2D eigenvalue weighted by Gasteiger charge is -2.12. The molecule has 0 aliphatic rings. The molecule has 0 saturated carbocycles. The smallest absolute Gasteiger partial charge is 0.150 e. The number of rotatable bonds is 9. The van der Waals surface area contributed by atoms with Gasteiger partial charge in [-0.1, -0.05) is 37.3 Å². The predicted octanol–water partition coefficient (Wildman–Crippen LogP) is 4.93. The second-order valence-electron chi connectivity index (χ2n) is 6.04. The highest BCUT2D eigenvalue weighted by molar-refractivity contribution is 5.57. The van der Waals surface area contributed by atoms with E-state index in [4.69, 9.17) is 20.0 Å². The third-order valence-corrected chi connectivity index (χ3v) is 3.82. The summed E-state index contributed by atoms with van der Waals surface area (Å²) >= 11 is 0. The van der Waals surface area contributed by atoms with E-state index in [2.05, 4.69) is 12.4 Å². The molecule has 0 radical (unpaired) electrons. The summed E-state index contributed by atoms with van der Waals surface area (Å²) in [4.78, 5) is 5.41. The zero-order chi connectivity index (χ0) is 18.9. The van der Waals surface area contributed by atoms with Crippen LogP contribution < -0.4 is 25.5 Å². The van der Waals surface area contributed by atoms with Crippen LogP contribution in [0.3, 0.4) is 0 Å². The number of nitrogens with one attached hydrogen (secondary N) is 1. The van der Waals surface area contributed by atoms with Crippen LogP contribution in [0.25, 0.3) is 0 Å². The molecule has 0 unspecified atom stereocenters. The first-order valence-electron chi connectivity index (χ1n) is 8.98. The van der Waals surface area contributed by atoms with Crippen LogP contribution in [-0.2, 0) is 6.61 Å². The molecule has 0 heterocycles. The largest absolute Gasteiger partial charge is 0.489 e. The van der Waals surface area contributed by atoms with Crippen molar-refractivity contribution in [3.63, 3.8) is 0 Å². The molecule has 3 aromatic rings. The molecule has 5 heteroatoms. The van der Waals surface area contributed by atoms with Gasteiger partial charge in [0.15, 0.2) is 5.75 Å². The first kappa shape index (κ1) is 18.6. The minimum Gasteiger partial charge on any atom is -0.489 e. The van der Waals surface area contributed by atoms with Crippen molar-refractivity contribution in [2.45, 2.75) is 20.0 Å². The number of hydroxylamine groups is 1. The number of nitrogen functional groups attached to an aromatic ring is 1. The highest BCUT2D eigenvalue weighted by Gasteiger charge is 2.05. The van der Waals surface area contributed by atoms with Crippen LogP contribution >= 0.6 is 0 Å². The van der Waals surface area contributed by atoms with Crippen LogP contribution in [0.2, 0.25) is 0 Å². The normalized spacial score (nSPS) is 10.4. The molecule has 0 amide bonds. The SMILES string of the molecule is CCCNOc1ccc(Oc2ccc(OCc3ccccc3)cc2)c(N)c1. The highest BCUT2D eigenvalue weighted by atomic mass is 16.6. The molecule has 3 N–H and O–H groups in total. The summed E-state index contributed by atoms with van der Waals surface area (Å²) in [5.74, 6) is 2.70. The van der Waals surface area contributed by atoms with E-state index in [9.17, 15) is 0 Å². The fourth-order valence-electron chi connectivity index (χ4n) is 2.39. The Morgan fingerprint density at radius 3 is 2.26 bits per heavy atom. The summed E-state index contributed by atoms with van der Waals surface area (Å²) in [6.45, 7) is 3.37. The third kappa shape index (κ3) is 5.66. The van der Waals surface area contributed by atoms with Crippen molar-refractivity contribution in [3.05, 3.63) is 78.4 Å². The van der Waals surface area contributed by atoms with Crippen molar-refractivity contribution in [3.8, 4) is 23.0 Å². The second kappa shape index (κ2) is 9.50. The Morgan fingerprint density at radius 1 is 0.852 bits per heavy atom. The van der Waals surface area contributed by atoms with Gasteiger partial charge in [0.1, 0.15) is 23.9 Å². The van der Waals surface area contributed by atoms with Gasteiger partial charge in [-0.25, -0.2) is 0 Å². The Bertz CT molecular complexity index is 836. The third-order valence-electron chi connectivity index (χ3n) is 3.82. The highest BCUT2D eigenvalue weighted by Crippen LogP contribution is 2.31. The maximum absolute atomic E-state index is 6.06. The molecule has 3 aromatic carbocycles. The average molecular weight is 364 g/mol. The summed E-state index contributed by atoms with van der Waals surface area (Å²) in [5.41, 5.74) is 10.6. The quantitative estimate of drug-likeness (QED) is 0.320. The standard InChI is InChI=1S/C22H24N2O3/c1-2-14-24-27-20-12-13-22(21(23)15-20)26-19-10-8-18(9-11-19)25-16-17-6-4-3-5-7-17/h3-13,15,24H,2,14,16,23H2,1H3. The van der Waals surface area contributed by atoms with Gasteiger partial charge in [0.05, 0.1) is 5.69 Å². The Morgan fingerprint density at radius 2 is 1.56 bits per heavy atom. The zero-order valence-corrected chi connectivity index (χ0v) is 15.4. The fraction of sp³-hybridized carbons (Fsp3) is 0.182. The van der Waals surface area contributed by atoms with Gasteiger partial charge in [0.25, 0.3) is 0 Å². The first-order valence-corrected chi connectivity index (χ1v) is 8.98.